The first-order chi connectivity index (χ1) is 14.5. The average molecular weight is 414 g/mol. The lowest BCUT2D eigenvalue weighted by Crippen LogP contribution is -2.46. The summed E-state index contributed by atoms with van der Waals surface area (Å²) in [5, 5.41) is 0. The van der Waals surface area contributed by atoms with Crippen LogP contribution in [0.2, 0.25) is 0 Å². The lowest BCUT2D eigenvalue weighted by molar-refractivity contribution is 0.0836. The molecule has 0 amide bonds. The van der Waals surface area contributed by atoms with Crippen LogP contribution in [0.5, 0.6) is 0 Å². The van der Waals surface area contributed by atoms with Gasteiger partial charge in [0.2, 0.25) is 0 Å². The van der Waals surface area contributed by atoms with E-state index in [0.29, 0.717) is 50.3 Å². The molecular weight excluding hydrogens is 387 g/mol. The second-order valence-corrected chi connectivity index (χ2v) is 8.19. The topological polar surface area (TPSA) is 77.2 Å². The number of halogens is 1. The number of likely N-dealkylation sites (tertiary alicyclic amines) is 1. The molecule has 0 unspecified atom stereocenters. The van der Waals surface area contributed by atoms with Crippen molar-refractivity contribution in [3.05, 3.63) is 62.4 Å². The van der Waals surface area contributed by atoms with Crippen molar-refractivity contribution in [2.24, 2.45) is 5.92 Å². The Balaban J connectivity index is 1.36. The second-order valence-electron chi connectivity index (χ2n) is 8.19. The van der Waals surface area contributed by atoms with Crippen LogP contribution >= 0.6 is 0 Å². The van der Waals surface area contributed by atoms with Crippen LogP contribution in [-0.2, 0) is 19.5 Å². The zero-order valence-corrected chi connectivity index (χ0v) is 17.1. The highest BCUT2D eigenvalue weighted by Crippen LogP contribution is 2.22. The van der Waals surface area contributed by atoms with Crippen molar-refractivity contribution in [1.29, 1.82) is 0 Å². The fourth-order valence-electron chi connectivity index (χ4n) is 4.42. The number of benzene rings is 1. The van der Waals surface area contributed by atoms with Crippen molar-refractivity contribution in [1.82, 2.24) is 19.0 Å². The first-order valence-electron chi connectivity index (χ1n) is 10.8. The third kappa shape index (κ3) is 4.43. The Labute approximate surface area is 174 Å². The van der Waals surface area contributed by atoms with Gasteiger partial charge in [-0.05, 0) is 63.0 Å². The van der Waals surface area contributed by atoms with E-state index in [1.54, 1.807) is 4.57 Å². The zero-order chi connectivity index (χ0) is 21.1. The molecule has 0 radical (unpaired) electrons. The molecular formula is C22H27FN4O3. The highest BCUT2D eigenvalue weighted by molar-refractivity contribution is 5.97. The number of hydrogen-bond acceptors (Lipinski definition) is 5. The molecule has 0 bridgehead atoms. The van der Waals surface area contributed by atoms with Crippen LogP contribution < -0.4 is 11.4 Å². The Morgan fingerprint density at radius 3 is 2.47 bits per heavy atom. The maximum Gasteiger partial charge on any atom is 0.353 e. The molecule has 1 aromatic carbocycles. The van der Waals surface area contributed by atoms with Gasteiger partial charge in [-0.3, -0.25) is 9.36 Å². The van der Waals surface area contributed by atoms with Crippen LogP contribution in [0.25, 0.3) is 0 Å². The minimum Gasteiger partial charge on any atom is -0.302 e. The summed E-state index contributed by atoms with van der Waals surface area (Å²) in [6.07, 6.45) is 5.05. The molecule has 0 spiro atoms. The van der Waals surface area contributed by atoms with Gasteiger partial charge >= 0.3 is 11.4 Å². The summed E-state index contributed by atoms with van der Waals surface area (Å²) in [4.78, 5) is 44.1. The number of aromatic nitrogens is 3. The van der Waals surface area contributed by atoms with Gasteiger partial charge in [-0.1, -0.05) is 6.42 Å². The molecule has 0 atom stereocenters. The molecule has 2 aliphatic heterocycles. The molecule has 0 N–H and O–H groups in total. The van der Waals surface area contributed by atoms with Crippen LogP contribution in [0, 0.1) is 11.7 Å². The van der Waals surface area contributed by atoms with E-state index < -0.39 is 5.69 Å². The molecule has 3 heterocycles. The third-order valence-electron chi connectivity index (χ3n) is 6.24. The van der Waals surface area contributed by atoms with Gasteiger partial charge in [0.15, 0.2) is 5.78 Å². The molecule has 0 aliphatic carbocycles. The fraction of sp³-hybridized carbons (Fsp3) is 0.545. The van der Waals surface area contributed by atoms with Gasteiger partial charge in [0.1, 0.15) is 11.6 Å². The average Bonchev–Trinajstić information content (AvgIpc) is 3.00. The number of ketones is 1. The summed E-state index contributed by atoms with van der Waals surface area (Å²) in [5.41, 5.74) is -0.173. The predicted molar refractivity (Wildman–Crippen MR) is 110 cm³/mol. The number of carbonyl (C=O) groups excluding carboxylic acids is 1. The van der Waals surface area contributed by atoms with Crippen molar-refractivity contribution in [3.8, 4) is 0 Å². The maximum atomic E-state index is 13.1. The second kappa shape index (κ2) is 9.04. The van der Waals surface area contributed by atoms with Gasteiger partial charge < -0.3 is 4.90 Å². The van der Waals surface area contributed by atoms with E-state index in [9.17, 15) is 18.8 Å². The highest BCUT2D eigenvalue weighted by atomic mass is 19.1. The molecule has 8 heteroatoms. The number of nitrogens with zero attached hydrogens (tertiary/aromatic N) is 4. The summed E-state index contributed by atoms with van der Waals surface area (Å²) in [7, 11) is 0. The molecule has 1 aromatic heterocycles. The minimum atomic E-state index is -0.463. The molecule has 0 saturated carbocycles. The van der Waals surface area contributed by atoms with Crippen LogP contribution in [0.15, 0.2) is 33.9 Å². The lowest BCUT2D eigenvalue weighted by atomic mass is 9.89. The number of aryl methyl sites for hydroxylation is 1. The SMILES string of the molecule is O=C(c1ccc(F)cc1)C1CCN(CCn2c(=O)nc3n(c2=O)CCCCC3)CC1. The van der Waals surface area contributed by atoms with Gasteiger partial charge in [-0.2, -0.15) is 4.98 Å². The third-order valence-corrected chi connectivity index (χ3v) is 6.24. The first kappa shape index (κ1) is 20.7. The number of carbonyl (C=O) groups is 1. The summed E-state index contributed by atoms with van der Waals surface area (Å²) < 4.78 is 16.0. The molecule has 160 valence electrons. The van der Waals surface area contributed by atoms with Crippen molar-refractivity contribution in [2.45, 2.75) is 51.6 Å². The smallest absolute Gasteiger partial charge is 0.302 e. The number of Topliss-reactive ketones (excluding diaryl/α,β-unsaturated/α-hetero) is 1. The Bertz CT molecular complexity index is 1020. The number of hydrogen-bond donors (Lipinski definition) is 0. The molecule has 1 saturated heterocycles. The normalized spacial score (nSPS) is 18.0. The van der Waals surface area contributed by atoms with E-state index in [4.69, 9.17) is 0 Å². The van der Waals surface area contributed by atoms with Gasteiger partial charge in [-0.25, -0.2) is 18.5 Å². The monoisotopic (exact) mass is 414 g/mol. The molecule has 7 nitrogen and oxygen atoms in total. The van der Waals surface area contributed by atoms with Gasteiger partial charge in [0, 0.05) is 37.5 Å². The Morgan fingerprint density at radius 1 is 1.00 bits per heavy atom. The van der Waals surface area contributed by atoms with Crippen molar-refractivity contribution in [2.75, 3.05) is 19.6 Å². The Hall–Kier alpha value is -2.61. The first-order valence-corrected chi connectivity index (χ1v) is 10.8. The number of fused-ring (bicyclic) bond motifs is 1. The lowest BCUT2D eigenvalue weighted by Gasteiger charge is -2.31. The number of rotatable bonds is 5. The maximum absolute atomic E-state index is 13.1. The van der Waals surface area contributed by atoms with Crippen molar-refractivity contribution < 1.29 is 9.18 Å². The van der Waals surface area contributed by atoms with Crippen LogP contribution in [0.4, 0.5) is 4.39 Å². The quantitative estimate of drug-likeness (QED) is 0.698. The predicted octanol–water partition coefficient (Wildman–Crippen LogP) is 1.87. The van der Waals surface area contributed by atoms with Gasteiger partial charge in [0.25, 0.3) is 0 Å². The van der Waals surface area contributed by atoms with Crippen molar-refractivity contribution in [3.63, 3.8) is 0 Å². The molecule has 30 heavy (non-hydrogen) atoms. The molecule has 2 aliphatic rings. The zero-order valence-electron chi connectivity index (χ0n) is 17.1. The van der Waals surface area contributed by atoms with Crippen LogP contribution in [0.3, 0.4) is 0 Å². The summed E-state index contributed by atoms with van der Waals surface area (Å²) >= 11 is 0. The molecule has 1 fully saturated rings. The van der Waals surface area contributed by atoms with Gasteiger partial charge in [-0.15, -0.1) is 0 Å². The number of piperidine rings is 1. The molecule has 2 aromatic rings. The summed E-state index contributed by atoms with van der Waals surface area (Å²) in [6.45, 7) is 2.96. The highest BCUT2D eigenvalue weighted by Gasteiger charge is 2.26. The minimum absolute atomic E-state index is 0.0547. The Morgan fingerprint density at radius 2 is 1.73 bits per heavy atom. The largest absolute Gasteiger partial charge is 0.353 e. The van der Waals surface area contributed by atoms with E-state index in [0.717, 1.165) is 32.4 Å². The van der Waals surface area contributed by atoms with Gasteiger partial charge in [0.05, 0.1) is 0 Å². The summed E-state index contributed by atoms with van der Waals surface area (Å²) in [6, 6.07) is 5.70. The Kier molecular flexibility index (Phi) is 6.22. The van der Waals surface area contributed by atoms with E-state index in [1.807, 2.05) is 0 Å². The summed E-state index contributed by atoms with van der Waals surface area (Å²) in [5.74, 6) is 0.243. The van der Waals surface area contributed by atoms with E-state index in [2.05, 4.69) is 9.88 Å². The van der Waals surface area contributed by atoms with E-state index >= 15 is 0 Å². The standard InChI is InChI=1S/C22H27FN4O3/c23-18-7-5-16(6-8-18)20(28)17-9-12-25(13-10-17)14-15-27-21(29)24-19-4-2-1-3-11-26(19)22(27)30/h5-8,17H,1-4,9-15H2. The van der Waals surface area contributed by atoms with Crippen LogP contribution in [0.1, 0.15) is 48.3 Å². The van der Waals surface area contributed by atoms with E-state index in [-0.39, 0.29) is 23.2 Å². The van der Waals surface area contributed by atoms with Crippen molar-refractivity contribution >= 4 is 5.78 Å². The van der Waals surface area contributed by atoms with E-state index in [1.165, 1.54) is 28.8 Å². The van der Waals surface area contributed by atoms with Crippen LogP contribution in [-0.4, -0.2) is 44.4 Å². The fourth-order valence-corrected chi connectivity index (χ4v) is 4.42. The molecule has 4 rings (SSSR count).